The summed E-state index contributed by atoms with van der Waals surface area (Å²) >= 11 is 1.15. The number of aromatic nitrogens is 2. The summed E-state index contributed by atoms with van der Waals surface area (Å²) in [6.07, 6.45) is 0.806. The van der Waals surface area contributed by atoms with Crippen molar-refractivity contribution in [2.24, 2.45) is 0 Å². The Kier molecular flexibility index (Phi) is 5.27. The summed E-state index contributed by atoms with van der Waals surface area (Å²) in [6, 6.07) is 21.0. The molecule has 1 aliphatic rings. The van der Waals surface area contributed by atoms with Crippen molar-refractivity contribution in [1.82, 2.24) is 9.55 Å². The summed E-state index contributed by atoms with van der Waals surface area (Å²) in [5.74, 6) is -0.519. The van der Waals surface area contributed by atoms with Gasteiger partial charge in [0.05, 0.1) is 22.3 Å². The van der Waals surface area contributed by atoms with Crippen LogP contribution in [0.3, 0.4) is 0 Å². The topological polar surface area (TPSA) is 55.2 Å². The Hall–Kier alpha value is -3.45. The predicted molar refractivity (Wildman–Crippen MR) is 125 cm³/mol. The average molecular weight is 446 g/mol. The Labute approximate surface area is 188 Å². The highest BCUT2D eigenvalue weighted by molar-refractivity contribution is 7.99. The number of amides is 1. The van der Waals surface area contributed by atoms with E-state index in [1.165, 1.54) is 16.7 Å². The van der Waals surface area contributed by atoms with Crippen LogP contribution in [0, 0.1) is 5.82 Å². The predicted octanol–water partition coefficient (Wildman–Crippen LogP) is 4.59. The molecule has 1 aliphatic heterocycles. The second kappa shape index (κ2) is 8.24. The minimum atomic E-state index is -0.526. The summed E-state index contributed by atoms with van der Waals surface area (Å²) in [6.45, 7) is 2.02. The van der Waals surface area contributed by atoms with Crippen molar-refractivity contribution in [2.45, 2.75) is 24.5 Å². The van der Waals surface area contributed by atoms with Gasteiger partial charge in [-0.3, -0.25) is 14.2 Å². The maximum Gasteiger partial charge on any atom is 0.266 e. The lowest BCUT2D eigenvalue weighted by Gasteiger charge is -2.23. The molecule has 1 amide bonds. The molecule has 0 fully saturated rings. The van der Waals surface area contributed by atoms with E-state index in [2.05, 4.69) is 4.98 Å². The Bertz CT molecular complexity index is 1400. The van der Waals surface area contributed by atoms with Crippen LogP contribution in [-0.4, -0.2) is 27.3 Å². The standard InChI is InChI=1S/C25H20FN3O2S/c1-16-14-17-8-2-6-12-21(17)28(16)23(30)15-32-25-27-20-11-5-3-9-18(20)24(31)29(25)22-13-7-4-10-19(22)26/h2-13,16H,14-15H2,1H3/t16-/m0/s1. The van der Waals surface area contributed by atoms with Crippen LogP contribution in [0.15, 0.2) is 82.7 Å². The van der Waals surface area contributed by atoms with Gasteiger partial charge in [0.2, 0.25) is 5.91 Å². The molecule has 0 aliphatic carbocycles. The molecule has 32 heavy (non-hydrogen) atoms. The van der Waals surface area contributed by atoms with Crippen molar-refractivity contribution in [1.29, 1.82) is 0 Å². The van der Waals surface area contributed by atoms with E-state index in [0.717, 1.165) is 29.4 Å². The van der Waals surface area contributed by atoms with E-state index in [4.69, 9.17) is 0 Å². The molecule has 0 saturated carbocycles. The fraction of sp³-hybridized carbons (Fsp3) is 0.160. The lowest BCUT2D eigenvalue weighted by molar-refractivity contribution is -0.116. The van der Waals surface area contributed by atoms with E-state index in [0.29, 0.717) is 10.9 Å². The minimum Gasteiger partial charge on any atom is -0.308 e. The number of carbonyl (C=O) groups excluding carboxylic acids is 1. The van der Waals surface area contributed by atoms with E-state index in [1.54, 1.807) is 41.3 Å². The molecule has 0 saturated heterocycles. The van der Waals surface area contributed by atoms with Gasteiger partial charge in [0.1, 0.15) is 5.82 Å². The molecule has 1 atom stereocenters. The van der Waals surface area contributed by atoms with Crippen molar-refractivity contribution >= 4 is 34.3 Å². The third-order valence-electron chi connectivity index (χ3n) is 5.64. The second-order valence-corrected chi connectivity index (χ2v) is 8.68. The van der Waals surface area contributed by atoms with Gasteiger partial charge in [-0.1, -0.05) is 54.2 Å². The number of hydrogen-bond acceptors (Lipinski definition) is 4. The number of thioether (sulfide) groups is 1. The molecule has 0 bridgehead atoms. The number of hydrogen-bond donors (Lipinski definition) is 0. The fourth-order valence-corrected chi connectivity index (χ4v) is 5.06. The molecule has 0 spiro atoms. The minimum absolute atomic E-state index is 0.0545. The van der Waals surface area contributed by atoms with Gasteiger partial charge >= 0.3 is 0 Å². The van der Waals surface area contributed by atoms with Crippen molar-refractivity contribution in [3.8, 4) is 5.69 Å². The largest absolute Gasteiger partial charge is 0.308 e. The Morgan fingerprint density at radius 2 is 1.72 bits per heavy atom. The number of para-hydroxylation sites is 3. The molecule has 3 aromatic carbocycles. The highest BCUT2D eigenvalue weighted by Gasteiger charge is 2.30. The summed E-state index contributed by atoms with van der Waals surface area (Å²) < 4.78 is 15.9. The normalized spacial score (nSPS) is 15.2. The third kappa shape index (κ3) is 3.48. The molecule has 4 aromatic rings. The number of anilines is 1. The van der Waals surface area contributed by atoms with E-state index in [1.807, 2.05) is 31.2 Å². The number of fused-ring (bicyclic) bond motifs is 2. The first kappa shape index (κ1) is 20.5. The Morgan fingerprint density at radius 1 is 1.03 bits per heavy atom. The van der Waals surface area contributed by atoms with Crippen LogP contribution in [0.25, 0.3) is 16.6 Å². The van der Waals surface area contributed by atoms with Gasteiger partial charge in [-0.2, -0.15) is 0 Å². The molecule has 1 aromatic heterocycles. The highest BCUT2D eigenvalue weighted by Crippen LogP contribution is 2.33. The first-order valence-corrected chi connectivity index (χ1v) is 11.3. The van der Waals surface area contributed by atoms with Gasteiger partial charge in [-0.25, -0.2) is 9.37 Å². The van der Waals surface area contributed by atoms with Gasteiger partial charge in [0.25, 0.3) is 5.56 Å². The Balaban J connectivity index is 1.53. The molecule has 5 nitrogen and oxygen atoms in total. The third-order valence-corrected chi connectivity index (χ3v) is 6.56. The zero-order chi connectivity index (χ0) is 22.2. The van der Waals surface area contributed by atoms with Gasteiger partial charge in [-0.15, -0.1) is 0 Å². The second-order valence-electron chi connectivity index (χ2n) is 7.74. The van der Waals surface area contributed by atoms with Crippen molar-refractivity contribution in [3.05, 3.63) is 94.5 Å². The number of benzene rings is 3. The van der Waals surface area contributed by atoms with Crippen LogP contribution in [0.2, 0.25) is 0 Å². The van der Waals surface area contributed by atoms with Crippen molar-refractivity contribution in [3.63, 3.8) is 0 Å². The number of carbonyl (C=O) groups is 1. The van der Waals surface area contributed by atoms with Crippen LogP contribution in [0.1, 0.15) is 12.5 Å². The number of rotatable bonds is 4. The van der Waals surface area contributed by atoms with Crippen LogP contribution >= 0.6 is 11.8 Å². The summed E-state index contributed by atoms with van der Waals surface area (Å²) in [7, 11) is 0. The van der Waals surface area contributed by atoms with Gasteiger partial charge in [-0.05, 0) is 49.2 Å². The molecule has 160 valence electrons. The summed E-state index contributed by atoms with van der Waals surface area (Å²) in [5, 5.41) is 0.681. The van der Waals surface area contributed by atoms with Crippen LogP contribution < -0.4 is 10.5 Å². The smallest absolute Gasteiger partial charge is 0.266 e. The first-order chi connectivity index (χ1) is 15.5. The van der Waals surface area contributed by atoms with Gasteiger partial charge < -0.3 is 4.90 Å². The average Bonchev–Trinajstić information content (AvgIpc) is 3.14. The fourth-order valence-electron chi connectivity index (χ4n) is 4.20. The maximum absolute atomic E-state index is 14.6. The van der Waals surface area contributed by atoms with Crippen molar-refractivity contribution < 1.29 is 9.18 Å². The van der Waals surface area contributed by atoms with E-state index in [-0.39, 0.29) is 34.1 Å². The molecule has 0 N–H and O–H groups in total. The SMILES string of the molecule is C[C@H]1Cc2ccccc2N1C(=O)CSc1nc2ccccc2c(=O)n1-c1ccccc1F. The van der Waals surface area contributed by atoms with Crippen LogP contribution in [0.5, 0.6) is 0 Å². The molecule has 2 heterocycles. The van der Waals surface area contributed by atoms with Gasteiger partial charge in [0.15, 0.2) is 5.16 Å². The van der Waals surface area contributed by atoms with Crippen molar-refractivity contribution in [2.75, 3.05) is 10.7 Å². The summed E-state index contributed by atoms with van der Waals surface area (Å²) in [5.41, 5.74) is 2.33. The first-order valence-electron chi connectivity index (χ1n) is 10.3. The molecular formula is C25H20FN3O2S. The molecular weight excluding hydrogens is 425 g/mol. The highest BCUT2D eigenvalue weighted by atomic mass is 32.2. The van der Waals surface area contributed by atoms with E-state index >= 15 is 0 Å². The zero-order valence-electron chi connectivity index (χ0n) is 17.4. The molecule has 0 radical (unpaired) electrons. The monoisotopic (exact) mass is 445 g/mol. The quantitative estimate of drug-likeness (QED) is 0.340. The number of halogens is 1. The lowest BCUT2D eigenvalue weighted by atomic mass is 10.1. The van der Waals surface area contributed by atoms with E-state index in [9.17, 15) is 14.0 Å². The van der Waals surface area contributed by atoms with E-state index < -0.39 is 5.82 Å². The lowest BCUT2D eigenvalue weighted by Crippen LogP contribution is -2.37. The summed E-state index contributed by atoms with van der Waals surface area (Å²) in [4.78, 5) is 32.8. The number of nitrogens with zero attached hydrogens (tertiary/aromatic N) is 3. The van der Waals surface area contributed by atoms with Crippen LogP contribution in [0.4, 0.5) is 10.1 Å². The Morgan fingerprint density at radius 3 is 2.53 bits per heavy atom. The van der Waals surface area contributed by atoms with Gasteiger partial charge in [0, 0.05) is 11.7 Å². The molecule has 7 heteroatoms. The maximum atomic E-state index is 14.6. The molecule has 0 unspecified atom stereocenters. The van der Waals surface area contributed by atoms with Crippen LogP contribution in [-0.2, 0) is 11.2 Å². The molecule has 5 rings (SSSR count). The zero-order valence-corrected chi connectivity index (χ0v) is 18.2.